The van der Waals surface area contributed by atoms with Gasteiger partial charge in [0.2, 0.25) is 0 Å². The molecule has 136 valence electrons. The van der Waals surface area contributed by atoms with Gasteiger partial charge in [0.1, 0.15) is 23.2 Å². The Hall–Kier alpha value is -2.66. The third-order valence-corrected chi connectivity index (χ3v) is 9.00. The lowest BCUT2D eigenvalue weighted by atomic mass is 10.2. The summed E-state index contributed by atoms with van der Waals surface area (Å²) in [6.45, 7) is 0. The highest BCUT2D eigenvalue weighted by Crippen LogP contribution is 2.57. The molecule has 0 heterocycles. The van der Waals surface area contributed by atoms with Crippen LogP contribution in [-0.2, 0) is 0 Å². The van der Waals surface area contributed by atoms with Crippen molar-refractivity contribution >= 4 is 40.9 Å². The van der Waals surface area contributed by atoms with Crippen LogP contribution in [0.5, 0.6) is 0 Å². The van der Waals surface area contributed by atoms with Crippen LogP contribution in [0.15, 0.2) is 121 Å². The summed E-state index contributed by atoms with van der Waals surface area (Å²) in [6.07, 6.45) is 2.21. The Morgan fingerprint density at radius 1 is 0.536 bits per heavy atom. The van der Waals surface area contributed by atoms with E-state index >= 15 is 0 Å². The Kier molecular flexibility index (Phi) is 5.72. The van der Waals surface area contributed by atoms with Crippen LogP contribution in [0, 0.1) is 0 Å². The van der Waals surface area contributed by atoms with Crippen LogP contribution >= 0.6 is 18.9 Å². The molecule has 0 aliphatic heterocycles. The Bertz CT molecular complexity index is 960. The normalized spacial score (nSPS) is 11.6. The van der Waals surface area contributed by atoms with Crippen molar-refractivity contribution in [2.24, 2.45) is 0 Å². The first kappa shape index (κ1) is 18.7. The molecule has 0 saturated heterocycles. The first-order valence-electron chi connectivity index (χ1n) is 9.29. The predicted octanol–water partition coefficient (Wildman–Crippen LogP) is 6.30. The van der Waals surface area contributed by atoms with Crippen molar-refractivity contribution in [1.29, 1.82) is 0 Å². The third-order valence-electron chi connectivity index (χ3n) is 4.83. The molecular weight excluding hydrogens is 379 g/mol. The molecule has 0 nitrogen and oxygen atoms in total. The summed E-state index contributed by atoms with van der Waals surface area (Å²) >= 11 is 6.22. The van der Waals surface area contributed by atoms with Gasteiger partial charge in [0.15, 0.2) is 0 Å². The van der Waals surface area contributed by atoms with Gasteiger partial charge in [-0.2, -0.15) is 0 Å². The van der Waals surface area contributed by atoms with Crippen molar-refractivity contribution < 1.29 is 0 Å². The Morgan fingerprint density at radius 2 is 1.00 bits per heavy atom. The van der Waals surface area contributed by atoms with E-state index in [-0.39, 0.29) is 0 Å². The van der Waals surface area contributed by atoms with E-state index in [9.17, 15) is 0 Å². The zero-order valence-corrected chi connectivity index (χ0v) is 17.1. The van der Waals surface area contributed by atoms with Gasteiger partial charge < -0.3 is 0 Å². The lowest BCUT2D eigenvalue weighted by Crippen LogP contribution is -2.29. The van der Waals surface area contributed by atoms with Crippen molar-refractivity contribution in [2.75, 3.05) is 0 Å². The number of benzene rings is 4. The van der Waals surface area contributed by atoms with Gasteiger partial charge in [0.05, 0.1) is 5.82 Å². The first-order valence-corrected chi connectivity index (χ1v) is 11.5. The minimum atomic E-state index is -1.96. The fraction of sp³-hybridized carbons (Fsp3) is 0. The van der Waals surface area contributed by atoms with Gasteiger partial charge in [-0.15, -0.1) is 0 Å². The molecular formula is C26H21ClP+. The Morgan fingerprint density at radius 3 is 1.43 bits per heavy atom. The summed E-state index contributed by atoms with van der Waals surface area (Å²) in [6, 6.07) is 40.5. The molecule has 0 saturated carbocycles. The van der Waals surface area contributed by atoms with Gasteiger partial charge >= 0.3 is 0 Å². The van der Waals surface area contributed by atoms with E-state index in [1.807, 2.05) is 18.2 Å². The third kappa shape index (κ3) is 3.80. The standard InChI is InChI=1S/C26H21ClP/c27-23-12-10-11-22(21-23)19-20-28(24-13-4-1-5-14-24,25-15-6-2-7-16-25)26-17-8-3-9-18-26/h1-21H/q+1/b20-19+. The van der Waals surface area contributed by atoms with Gasteiger partial charge in [-0.3, -0.25) is 0 Å². The maximum Gasteiger partial charge on any atom is 0.136 e. The van der Waals surface area contributed by atoms with Crippen LogP contribution < -0.4 is 15.9 Å². The molecule has 0 aromatic heterocycles. The molecule has 2 heteroatoms. The number of halogens is 1. The molecule has 4 rings (SSSR count). The SMILES string of the molecule is Clc1cccc(/C=C/[P+](c2ccccc2)(c2ccccc2)c2ccccc2)c1. The van der Waals surface area contributed by atoms with Crippen LogP contribution in [0.25, 0.3) is 6.08 Å². The highest BCUT2D eigenvalue weighted by atomic mass is 35.5. The summed E-state index contributed by atoms with van der Waals surface area (Å²) in [7, 11) is -1.96. The summed E-state index contributed by atoms with van der Waals surface area (Å²) in [5.74, 6) is 2.40. The smallest absolute Gasteiger partial charge is 0.0843 e. The largest absolute Gasteiger partial charge is 0.136 e. The number of hydrogen-bond donors (Lipinski definition) is 0. The lowest BCUT2D eigenvalue weighted by Gasteiger charge is -2.24. The summed E-state index contributed by atoms with van der Waals surface area (Å²) in [5, 5.41) is 4.77. The van der Waals surface area contributed by atoms with Crippen molar-refractivity contribution in [3.05, 3.63) is 132 Å². The maximum atomic E-state index is 6.22. The van der Waals surface area contributed by atoms with E-state index in [0.717, 1.165) is 10.6 Å². The van der Waals surface area contributed by atoms with E-state index in [4.69, 9.17) is 11.6 Å². The van der Waals surface area contributed by atoms with Crippen LogP contribution in [0.1, 0.15) is 5.56 Å². The molecule has 0 radical (unpaired) electrons. The van der Waals surface area contributed by atoms with E-state index in [2.05, 4.69) is 109 Å². The lowest BCUT2D eigenvalue weighted by molar-refractivity contribution is 1.66. The van der Waals surface area contributed by atoms with Gasteiger partial charge in [-0.05, 0) is 60.2 Å². The zero-order chi connectivity index (χ0) is 19.2. The molecule has 0 fully saturated rings. The molecule has 0 aliphatic rings. The van der Waals surface area contributed by atoms with Crippen molar-refractivity contribution in [3.63, 3.8) is 0 Å². The molecule has 0 spiro atoms. The van der Waals surface area contributed by atoms with E-state index < -0.39 is 7.26 Å². The molecule has 28 heavy (non-hydrogen) atoms. The first-order chi connectivity index (χ1) is 13.8. The maximum absolute atomic E-state index is 6.22. The topological polar surface area (TPSA) is 0 Å². The van der Waals surface area contributed by atoms with Gasteiger partial charge in [-0.25, -0.2) is 0 Å². The summed E-state index contributed by atoms with van der Waals surface area (Å²) in [4.78, 5) is 0. The molecule has 0 bridgehead atoms. The highest BCUT2D eigenvalue weighted by molar-refractivity contribution is 7.98. The van der Waals surface area contributed by atoms with Crippen LogP contribution in [-0.4, -0.2) is 0 Å². The van der Waals surface area contributed by atoms with Crippen LogP contribution in [0.4, 0.5) is 0 Å². The minimum Gasteiger partial charge on any atom is -0.0843 e. The summed E-state index contributed by atoms with van der Waals surface area (Å²) in [5.41, 5.74) is 1.11. The van der Waals surface area contributed by atoms with E-state index in [0.29, 0.717) is 0 Å². The van der Waals surface area contributed by atoms with E-state index in [1.165, 1.54) is 15.9 Å². The highest BCUT2D eigenvalue weighted by Gasteiger charge is 2.43. The molecule has 0 amide bonds. The van der Waals surface area contributed by atoms with Gasteiger partial charge in [-0.1, -0.05) is 78.3 Å². The quantitative estimate of drug-likeness (QED) is 0.345. The molecule has 0 unspecified atom stereocenters. The molecule has 0 N–H and O–H groups in total. The zero-order valence-electron chi connectivity index (χ0n) is 15.4. The van der Waals surface area contributed by atoms with Gasteiger partial charge in [0.25, 0.3) is 0 Å². The second-order valence-electron chi connectivity index (χ2n) is 6.60. The monoisotopic (exact) mass is 399 g/mol. The molecule has 0 atom stereocenters. The number of rotatable bonds is 5. The van der Waals surface area contributed by atoms with Crippen LogP contribution in [0.2, 0.25) is 5.02 Å². The molecule has 4 aromatic rings. The summed E-state index contributed by atoms with van der Waals surface area (Å²) < 4.78 is 0. The second-order valence-corrected chi connectivity index (χ2v) is 10.3. The average Bonchev–Trinajstić information content (AvgIpc) is 2.77. The number of hydrogen-bond acceptors (Lipinski definition) is 0. The second kappa shape index (κ2) is 8.57. The van der Waals surface area contributed by atoms with Crippen LogP contribution in [0.3, 0.4) is 0 Å². The Balaban J connectivity index is 1.98. The predicted molar refractivity (Wildman–Crippen MR) is 126 cm³/mol. The van der Waals surface area contributed by atoms with Crippen molar-refractivity contribution in [3.8, 4) is 0 Å². The van der Waals surface area contributed by atoms with Gasteiger partial charge in [0, 0.05) is 5.02 Å². The average molecular weight is 400 g/mol. The molecule has 4 aromatic carbocycles. The fourth-order valence-corrected chi connectivity index (χ4v) is 7.44. The minimum absolute atomic E-state index is 0.755. The van der Waals surface area contributed by atoms with Crippen molar-refractivity contribution in [1.82, 2.24) is 0 Å². The van der Waals surface area contributed by atoms with E-state index in [1.54, 1.807) is 0 Å². The Labute approximate surface area is 172 Å². The molecule has 0 aliphatic carbocycles. The van der Waals surface area contributed by atoms with Crippen molar-refractivity contribution in [2.45, 2.75) is 0 Å². The fourth-order valence-electron chi connectivity index (χ4n) is 3.50.